The van der Waals surface area contributed by atoms with Crippen LogP contribution < -0.4 is 34.9 Å². The predicted octanol–water partition coefficient (Wildman–Crippen LogP) is 0.521. The summed E-state index contributed by atoms with van der Waals surface area (Å²) in [6, 6.07) is 17.9. The van der Waals surface area contributed by atoms with Gasteiger partial charge in [-0.05, 0) is 23.1 Å². The van der Waals surface area contributed by atoms with Gasteiger partial charge in [-0.15, -0.1) is 0 Å². The molecule has 0 spiro atoms. The van der Waals surface area contributed by atoms with Crippen molar-refractivity contribution in [2.24, 2.45) is 5.92 Å². The Labute approximate surface area is 194 Å². The Balaban J connectivity index is 0.00000420. The molecule has 1 atom stereocenters. The summed E-state index contributed by atoms with van der Waals surface area (Å²) in [7, 11) is 0. The van der Waals surface area contributed by atoms with Crippen molar-refractivity contribution < 1.29 is 55.2 Å². The third-order valence-corrected chi connectivity index (χ3v) is 4.31. The van der Waals surface area contributed by atoms with Crippen molar-refractivity contribution in [2.45, 2.75) is 32.8 Å². The first-order valence-electron chi connectivity index (χ1n) is 9.25. The van der Waals surface area contributed by atoms with Crippen LogP contribution in [-0.4, -0.2) is 29.5 Å². The molecule has 6 nitrogen and oxygen atoms in total. The van der Waals surface area contributed by atoms with Crippen molar-refractivity contribution in [3.63, 3.8) is 0 Å². The molecule has 0 unspecified atom stereocenters. The van der Waals surface area contributed by atoms with E-state index >= 15 is 0 Å². The fraction of sp³-hybridized carbons (Fsp3) is 0.318. The van der Waals surface area contributed by atoms with Gasteiger partial charge in [0.15, 0.2) is 0 Å². The number of hydrogen-bond donors (Lipinski definition) is 2. The van der Waals surface area contributed by atoms with E-state index in [1.165, 1.54) is 0 Å². The number of carbonyl (C=O) groups excluding carboxylic acids is 2. The van der Waals surface area contributed by atoms with E-state index in [0.29, 0.717) is 13.0 Å². The first-order valence-corrected chi connectivity index (χ1v) is 9.25. The number of benzene rings is 2. The molecule has 0 fully saturated rings. The fourth-order valence-corrected chi connectivity index (χ4v) is 2.58. The van der Waals surface area contributed by atoms with E-state index in [-0.39, 0.29) is 68.2 Å². The molecule has 2 rings (SSSR count). The van der Waals surface area contributed by atoms with Crippen molar-refractivity contribution in [3.05, 3.63) is 60.2 Å². The zero-order valence-corrected chi connectivity index (χ0v) is 18.9. The minimum Gasteiger partial charge on any atom is -1.00 e. The monoisotopic (exact) mass is 407 g/mol. The standard InChI is InChI=1S/C22H25NO5.Na.H/c1-16(13-14-23-20(24)11-12-21(25)26)22(27)28-15-17-7-9-19(10-8-17)18-5-3-2-4-6-18;;/h2-10,16H,11-15H2,1H3,(H,23,24)(H,25,26);;/q;+1;-1/t16-;;/m1../s1. The quantitative estimate of drug-likeness (QED) is 0.443. The van der Waals surface area contributed by atoms with Crippen LogP contribution in [0.5, 0.6) is 0 Å². The van der Waals surface area contributed by atoms with Crippen molar-refractivity contribution in [1.29, 1.82) is 0 Å². The van der Waals surface area contributed by atoms with Gasteiger partial charge < -0.3 is 16.6 Å². The van der Waals surface area contributed by atoms with Gasteiger partial charge in [-0.25, -0.2) is 0 Å². The largest absolute Gasteiger partial charge is 1.00 e. The zero-order valence-electron chi connectivity index (χ0n) is 17.9. The Morgan fingerprint density at radius 1 is 1.00 bits per heavy atom. The number of carboxylic acid groups (broad SMARTS) is 1. The van der Waals surface area contributed by atoms with Crippen LogP contribution in [0.3, 0.4) is 0 Å². The predicted molar refractivity (Wildman–Crippen MR) is 106 cm³/mol. The van der Waals surface area contributed by atoms with Gasteiger partial charge in [-0.1, -0.05) is 61.5 Å². The summed E-state index contributed by atoms with van der Waals surface area (Å²) in [5.41, 5.74) is 3.13. The van der Waals surface area contributed by atoms with E-state index in [1.807, 2.05) is 54.6 Å². The molecule has 2 N–H and O–H groups in total. The van der Waals surface area contributed by atoms with Gasteiger partial charge in [-0.3, -0.25) is 14.4 Å². The molecule has 0 radical (unpaired) electrons. The normalized spacial score (nSPS) is 11.1. The maximum Gasteiger partial charge on any atom is 1.00 e. The van der Waals surface area contributed by atoms with Crippen molar-refractivity contribution in [1.82, 2.24) is 5.32 Å². The molecule has 2 aromatic carbocycles. The summed E-state index contributed by atoms with van der Waals surface area (Å²) in [4.78, 5) is 33.9. The molecule has 0 aromatic heterocycles. The number of hydrogen-bond acceptors (Lipinski definition) is 4. The Hall–Kier alpha value is -2.15. The average molecular weight is 407 g/mol. The fourth-order valence-electron chi connectivity index (χ4n) is 2.58. The van der Waals surface area contributed by atoms with Crippen LogP contribution in [0, 0.1) is 5.92 Å². The van der Waals surface area contributed by atoms with E-state index in [0.717, 1.165) is 16.7 Å². The maximum atomic E-state index is 12.1. The van der Waals surface area contributed by atoms with Crippen molar-refractivity contribution >= 4 is 17.8 Å². The molecule has 0 bridgehead atoms. The minimum absolute atomic E-state index is 0. The Bertz CT molecular complexity index is 799. The summed E-state index contributed by atoms with van der Waals surface area (Å²) < 4.78 is 5.34. The number of carboxylic acids is 1. The minimum atomic E-state index is -1.01. The van der Waals surface area contributed by atoms with Crippen molar-refractivity contribution in [3.8, 4) is 11.1 Å². The first-order chi connectivity index (χ1) is 13.5. The number of carbonyl (C=O) groups is 3. The van der Waals surface area contributed by atoms with Crippen LogP contribution in [0.2, 0.25) is 0 Å². The zero-order chi connectivity index (χ0) is 20.4. The molecular formula is C22H26NNaO5. The van der Waals surface area contributed by atoms with Crippen LogP contribution in [0.15, 0.2) is 54.6 Å². The number of amides is 1. The molecule has 0 saturated carbocycles. The van der Waals surface area contributed by atoms with Gasteiger partial charge >= 0.3 is 41.5 Å². The van der Waals surface area contributed by atoms with Gasteiger partial charge in [0, 0.05) is 13.0 Å². The number of esters is 1. The SMILES string of the molecule is C[C@H](CCNC(=O)CCC(=O)O)C(=O)OCc1ccc(-c2ccccc2)cc1.[H-].[Na+]. The molecule has 1 amide bonds. The van der Waals surface area contributed by atoms with Gasteiger partial charge in [0.2, 0.25) is 5.91 Å². The molecule has 0 saturated heterocycles. The maximum absolute atomic E-state index is 12.1. The van der Waals surface area contributed by atoms with E-state index < -0.39 is 5.97 Å². The van der Waals surface area contributed by atoms with Crippen LogP contribution in [0.4, 0.5) is 0 Å². The van der Waals surface area contributed by atoms with Crippen LogP contribution in [-0.2, 0) is 25.7 Å². The third-order valence-electron chi connectivity index (χ3n) is 4.31. The molecular weight excluding hydrogens is 381 g/mol. The van der Waals surface area contributed by atoms with E-state index in [1.54, 1.807) is 6.92 Å². The van der Waals surface area contributed by atoms with Gasteiger partial charge in [0.25, 0.3) is 0 Å². The second-order valence-corrected chi connectivity index (χ2v) is 6.60. The molecule has 150 valence electrons. The molecule has 0 heterocycles. The summed E-state index contributed by atoms with van der Waals surface area (Å²) in [5.74, 6) is -2.03. The smallest absolute Gasteiger partial charge is 1.00 e. The molecule has 2 aromatic rings. The van der Waals surface area contributed by atoms with E-state index in [4.69, 9.17) is 9.84 Å². The van der Waals surface area contributed by atoms with Crippen LogP contribution in [0.1, 0.15) is 33.2 Å². The molecule has 0 aliphatic heterocycles. The second-order valence-electron chi connectivity index (χ2n) is 6.60. The molecule has 7 heteroatoms. The average Bonchev–Trinajstić information content (AvgIpc) is 2.71. The Kier molecular flexibility index (Phi) is 11.3. The summed E-state index contributed by atoms with van der Waals surface area (Å²) >= 11 is 0. The third kappa shape index (κ3) is 9.26. The van der Waals surface area contributed by atoms with E-state index in [2.05, 4.69) is 5.32 Å². The first kappa shape index (κ1) is 24.9. The number of rotatable bonds is 10. The van der Waals surface area contributed by atoms with Crippen molar-refractivity contribution in [2.75, 3.05) is 6.54 Å². The topological polar surface area (TPSA) is 92.7 Å². The molecule has 29 heavy (non-hydrogen) atoms. The Morgan fingerprint density at radius 3 is 2.24 bits per heavy atom. The number of ether oxygens (including phenoxy) is 1. The number of nitrogens with one attached hydrogen (secondary N) is 1. The van der Waals surface area contributed by atoms with Gasteiger partial charge in [0.1, 0.15) is 6.61 Å². The van der Waals surface area contributed by atoms with Gasteiger partial charge in [-0.2, -0.15) is 0 Å². The summed E-state index contributed by atoms with van der Waals surface area (Å²) in [6.07, 6.45) is 0.171. The summed E-state index contributed by atoms with van der Waals surface area (Å²) in [5, 5.41) is 11.1. The van der Waals surface area contributed by atoms with Gasteiger partial charge in [0.05, 0.1) is 12.3 Å². The number of aliphatic carboxylic acids is 1. The van der Waals surface area contributed by atoms with E-state index in [9.17, 15) is 14.4 Å². The molecule has 0 aliphatic rings. The van der Waals surface area contributed by atoms with Crippen LogP contribution in [0.25, 0.3) is 11.1 Å². The second kappa shape index (κ2) is 13.1. The van der Waals surface area contributed by atoms with Crippen LogP contribution >= 0.6 is 0 Å². The molecule has 0 aliphatic carbocycles. The Morgan fingerprint density at radius 2 is 1.62 bits per heavy atom. The summed E-state index contributed by atoms with van der Waals surface area (Å²) in [6.45, 7) is 2.24.